The highest BCUT2D eigenvalue weighted by Gasteiger charge is 2.23. The van der Waals surface area contributed by atoms with E-state index in [1.165, 1.54) is 0 Å². The molecule has 0 bridgehead atoms. The molecule has 0 saturated carbocycles. The van der Waals surface area contributed by atoms with Crippen LogP contribution in [0, 0.1) is 13.8 Å². The Morgan fingerprint density at radius 3 is 2.64 bits per heavy atom. The normalized spacial score (nSPS) is 16.1. The van der Waals surface area contributed by atoms with Crippen LogP contribution in [0.2, 0.25) is 5.02 Å². The molecule has 0 aliphatic carbocycles. The standard InChI is InChI=1S/C20H26ClN3O3S/c1-14-18(15(2)27-23-14)12-28-13-20(25)22-11-19(24-7-9-26-10-8-24)16-3-5-17(21)6-4-16/h3-6,19H,7-13H2,1-2H3,(H,22,25). The van der Waals surface area contributed by atoms with Crippen LogP contribution < -0.4 is 5.32 Å². The largest absolute Gasteiger partial charge is 0.379 e. The second-order valence-electron chi connectivity index (χ2n) is 6.82. The van der Waals surface area contributed by atoms with Crippen molar-refractivity contribution in [3.05, 3.63) is 51.9 Å². The summed E-state index contributed by atoms with van der Waals surface area (Å²) in [5.74, 6) is 1.98. The van der Waals surface area contributed by atoms with Crippen molar-refractivity contribution in [3.63, 3.8) is 0 Å². The van der Waals surface area contributed by atoms with Gasteiger partial charge in [-0.25, -0.2) is 0 Å². The predicted octanol–water partition coefficient (Wildman–Crippen LogP) is 3.37. The molecule has 2 aromatic rings. The van der Waals surface area contributed by atoms with E-state index in [0.29, 0.717) is 30.5 Å². The van der Waals surface area contributed by atoms with Crippen LogP contribution >= 0.6 is 23.4 Å². The Morgan fingerprint density at radius 1 is 1.29 bits per heavy atom. The molecule has 152 valence electrons. The number of morpholine rings is 1. The van der Waals surface area contributed by atoms with Crippen molar-refractivity contribution < 1.29 is 14.1 Å². The van der Waals surface area contributed by atoms with Gasteiger partial charge in [0.05, 0.1) is 30.7 Å². The zero-order valence-electron chi connectivity index (χ0n) is 16.2. The zero-order chi connectivity index (χ0) is 19.9. The van der Waals surface area contributed by atoms with Gasteiger partial charge in [0.2, 0.25) is 5.91 Å². The zero-order valence-corrected chi connectivity index (χ0v) is 17.8. The molecule has 1 aromatic heterocycles. The molecule has 0 spiro atoms. The summed E-state index contributed by atoms with van der Waals surface area (Å²) in [5.41, 5.74) is 3.11. The van der Waals surface area contributed by atoms with Crippen molar-refractivity contribution in [2.75, 3.05) is 38.6 Å². The Bertz CT molecular complexity index is 756. The van der Waals surface area contributed by atoms with Crippen LogP contribution in [0.1, 0.15) is 28.6 Å². The smallest absolute Gasteiger partial charge is 0.230 e. The number of hydrogen-bond acceptors (Lipinski definition) is 6. The molecular formula is C20H26ClN3O3S. The van der Waals surface area contributed by atoms with E-state index in [-0.39, 0.29) is 11.9 Å². The summed E-state index contributed by atoms with van der Waals surface area (Å²) in [6.45, 7) is 7.51. The maximum atomic E-state index is 12.4. The van der Waals surface area contributed by atoms with Crippen molar-refractivity contribution in [1.29, 1.82) is 0 Å². The maximum Gasteiger partial charge on any atom is 0.230 e. The van der Waals surface area contributed by atoms with Crippen molar-refractivity contribution in [2.24, 2.45) is 0 Å². The van der Waals surface area contributed by atoms with Gasteiger partial charge in [-0.3, -0.25) is 9.69 Å². The third kappa shape index (κ3) is 5.73. The van der Waals surface area contributed by atoms with Gasteiger partial charge in [0, 0.05) is 36.0 Å². The molecule has 3 rings (SSSR count). The van der Waals surface area contributed by atoms with E-state index in [0.717, 1.165) is 41.4 Å². The van der Waals surface area contributed by atoms with Crippen LogP contribution in [-0.2, 0) is 15.3 Å². The Balaban J connectivity index is 1.53. The average Bonchev–Trinajstić information content (AvgIpc) is 3.02. The van der Waals surface area contributed by atoms with Crippen molar-refractivity contribution in [1.82, 2.24) is 15.4 Å². The SMILES string of the molecule is Cc1noc(C)c1CSCC(=O)NCC(c1ccc(Cl)cc1)N1CCOCC1. The third-order valence-corrected chi connectivity index (χ3v) is 6.11. The highest BCUT2D eigenvalue weighted by atomic mass is 35.5. The quantitative estimate of drug-likeness (QED) is 0.702. The molecule has 1 aromatic carbocycles. The lowest BCUT2D eigenvalue weighted by Gasteiger charge is -2.35. The highest BCUT2D eigenvalue weighted by Crippen LogP contribution is 2.23. The summed E-state index contributed by atoms with van der Waals surface area (Å²) in [5, 5.41) is 7.75. The number of hydrogen-bond donors (Lipinski definition) is 1. The van der Waals surface area contributed by atoms with Gasteiger partial charge in [-0.15, -0.1) is 11.8 Å². The van der Waals surface area contributed by atoms with Gasteiger partial charge >= 0.3 is 0 Å². The van der Waals surface area contributed by atoms with Crippen molar-refractivity contribution in [3.8, 4) is 0 Å². The van der Waals surface area contributed by atoms with Gasteiger partial charge in [0.25, 0.3) is 0 Å². The molecule has 1 aliphatic heterocycles. The Morgan fingerprint density at radius 2 is 2.00 bits per heavy atom. The fourth-order valence-corrected chi connectivity index (χ4v) is 4.38. The molecule has 8 heteroatoms. The maximum absolute atomic E-state index is 12.4. The molecule has 1 unspecified atom stereocenters. The van der Waals surface area contributed by atoms with Gasteiger partial charge in [-0.1, -0.05) is 28.9 Å². The number of thioether (sulfide) groups is 1. The first kappa shape index (κ1) is 21.2. The second-order valence-corrected chi connectivity index (χ2v) is 8.24. The molecule has 1 aliphatic rings. The minimum absolute atomic E-state index is 0.0315. The monoisotopic (exact) mass is 423 g/mol. The second kappa shape index (κ2) is 10.3. The van der Waals surface area contributed by atoms with Gasteiger partial charge in [0.1, 0.15) is 5.76 Å². The first-order valence-corrected chi connectivity index (χ1v) is 10.9. The van der Waals surface area contributed by atoms with Gasteiger partial charge < -0.3 is 14.6 Å². The van der Waals surface area contributed by atoms with Crippen LogP contribution in [0.25, 0.3) is 0 Å². The first-order chi connectivity index (χ1) is 13.5. The summed E-state index contributed by atoms with van der Waals surface area (Å²) in [6, 6.07) is 7.96. The minimum Gasteiger partial charge on any atom is -0.379 e. The molecule has 1 N–H and O–H groups in total. The highest BCUT2D eigenvalue weighted by molar-refractivity contribution is 7.99. The average molecular weight is 424 g/mol. The Hall–Kier alpha value is -1.54. The van der Waals surface area contributed by atoms with Crippen molar-refractivity contribution in [2.45, 2.75) is 25.6 Å². The predicted molar refractivity (Wildman–Crippen MR) is 112 cm³/mol. The number of carbonyl (C=O) groups is 1. The van der Waals surface area contributed by atoms with E-state index in [9.17, 15) is 4.79 Å². The van der Waals surface area contributed by atoms with E-state index in [2.05, 4.69) is 15.4 Å². The molecule has 1 amide bonds. The summed E-state index contributed by atoms with van der Waals surface area (Å²) in [4.78, 5) is 14.7. The fourth-order valence-electron chi connectivity index (χ4n) is 3.25. The Labute approximate surface area is 174 Å². The van der Waals surface area contributed by atoms with Crippen LogP contribution in [0.4, 0.5) is 0 Å². The minimum atomic E-state index is 0.0315. The molecule has 1 atom stereocenters. The lowest BCUT2D eigenvalue weighted by Crippen LogP contribution is -2.44. The van der Waals surface area contributed by atoms with E-state index in [1.807, 2.05) is 38.1 Å². The summed E-state index contributed by atoms with van der Waals surface area (Å²) >= 11 is 7.60. The molecule has 1 saturated heterocycles. The van der Waals surface area contributed by atoms with Gasteiger partial charge in [-0.05, 0) is 31.5 Å². The number of ether oxygens (including phenoxy) is 1. The summed E-state index contributed by atoms with van der Waals surface area (Å²) in [7, 11) is 0. The number of nitrogens with one attached hydrogen (secondary N) is 1. The number of carbonyl (C=O) groups excluding carboxylic acids is 1. The third-order valence-electron chi connectivity index (χ3n) is 4.89. The van der Waals surface area contributed by atoms with E-state index in [1.54, 1.807) is 11.8 Å². The first-order valence-electron chi connectivity index (χ1n) is 9.38. The lowest BCUT2D eigenvalue weighted by molar-refractivity contribution is -0.118. The molecule has 28 heavy (non-hydrogen) atoms. The van der Waals surface area contributed by atoms with Crippen LogP contribution in [0.3, 0.4) is 0 Å². The molecule has 0 radical (unpaired) electrons. The molecule has 1 fully saturated rings. The topological polar surface area (TPSA) is 67.6 Å². The van der Waals surface area contributed by atoms with E-state index >= 15 is 0 Å². The lowest BCUT2D eigenvalue weighted by atomic mass is 10.0. The number of aromatic nitrogens is 1. The number of halogens is 1. The number of amides is 1. The number of aryl methyl sites for hydroxylation is 2. The number of nitrogens with zero attached hydrogens (tertiary/aromatic N) is 2. The number of rotatable bonds is 8. The summed E-state index contributed by atoms with van der Waals surface area (Å²) < 4.78 is 10.6. The molecule has 2 heterocycles. The molecular weight excluding hydrogens is 398 g/mol. The van der Waals surface area contributed by atoms with Crippen LogP contribution in [0.15, 0.2) is 28.8 Å². The number of benzene rings is 1. The summed E-state index contributed by atoms with van der Waals surface area (Å²) in [6.07, 6.45) is 0. The molecule has 6 nitrogen and oxygen atoms in total. The van der Waals surface area contributed by atoms with Crippen molar-refractivity contribution >= 4 is 29.3 Å². The van der Waals surface area contributed by atoms with Gasteiger partial charge in [0.15, 0.2) is 0 Å². The Kier molecular flexibility index (Phi) is 7.79. The van der Waals surface area contributed by atoms with E-state index < -0.39 is 0 Å². The van der Waals surface area contributed by atoms with Crippen LogP contribution in [-0.4, -0.2) is 54.6 Å². The fraction of sp³-hybridized carbons (Fsp3) is 0.500. The van der Waals surface area contributed by atoms with Crippen LogP contribution in [0.5, 0.6) is 0 Å². The van der Waals surface area contributed by atoms with E-state index in [4.69, 9.17) is 20.9 Å². The van der Waals surface area contributed by atoms with Gasteiger partial charge in [-0.2, -0.15) is 0 Å².